The largest absolute Gasteiger partial charge is 0.478 e. The number of carboxylic acids is 1. The van der Waals surface area contributed by atoms with Crippen LogP contribution in [0.2, 0.25) is 0 Å². The van der Waals surface area contributed by atoms with Gasteiger partial charge in [0, 0.05) is 10.6 Å². The number of pyridine rings is 1. The van der Waals surface area contributed by atoms with Gasteiger partial charge in [-0.05, 0) is 56.4 Å². The third-order valence-corrected chi connectivity index (χ3v) is 4.69. The summed E-state index contributed by atoms with van der Waals surface area (Å²) in [6.07, 6.45) is 4.16. The second-order valence-corrected chi connectivity index (χ2v) is 6.44. The molecule has 2 aromatic rings. The van der Waals surface area contributed by atoms with Gasteiger partial charge in [-0.3, -0.25) is 0 Å². The predicted octanol–water partition coefficient (Wildman–Crippen LogP) is 4.12. The molecule has 21 heavy (non-hydrogen) atoms. The van der Waals surface area contributed by atoms with Crippen molar-refractivity contribution in [3.63, 3.8) is 0 Å². The van der Waals surface area contributed by atoms with E-state index in [-0.39, 0.29) is 0 Å². The van der Waals surface area contributed by atoms with Gasteiger partial charge >= 0.3 is 5.97 Å². The fraction of sp³-hybridized carbons (Fsp3) is 0.294. The zero-order chi connectivity index (χ0) is 14.8. The molecule has 0 aliphatic heterocycles. The summed E-state index contributed by atoms with van der Waals surface area (Å²) in [6.45, 7) is 2.03. The van der Waals surface area contributed by atoms with Crippen LogP contribution in [0.4, 0.5) is 0 Å². The standard InChI is InChI=1S/C17H17NO2S/c1-11-5-4-7-13(9-11)21-16-14(17(19)20)10-12-6-2-3-8-15(12)18-16/h4-5,7,9-10H,2-3,6,8H2,1H3,(H,19,20). The van der Waals surface area contributed by atoms with Crippen LogP contribution in [0.25, 0.3) is 0 Å². The quantitative estimate of drug-likeness (QED) is 0.926. The van der Waals surface area contributed by atoms with Crippen LogP contribution in [0.5, 0.6) is 0 Å². The molecule has 1 aromatic carbocycles. The van der Waals surface area contributed by atoms with E-state index in [1.807, 2.05) is 31.2 Å². The van der Waals surface area contributed by atoms with Crippen molar-refractivity contribution in [1.82, 2.24) is 4.98 Å². The zero-order valence-electron chi connectivity index (χ0n) is 11.9. The number of aryl methyl sites for hydroxylation is 3. The van der Waals surface area contributed by atoms with Crippen molar-refractivity contribution in [2.24, 2.45) is 0 Å². The highest BCUT2D eigenvalue weighted by atomic mass is 32.2. The fourth-order valence-electron chi connectivity index (χ4n) is 2.64. The Kier molecular flexibility index (Phi) is 3.97. The summed E-state index contributed by atoms with van der Waals surface area (Å²) in [5, 5.41) is 10.1. The zero-order valence-corrected chi connectivity index (χ0v) is 12.7. The number of aromatic nitrogens is 1. The Morgan fingerprint density at radius 1 is 1.24 bits per heavy atom. The third-order valence-electron chi connectivity index (χ3n) is 3.70. The molecule has 0 spiro atoms. The van der Waals surface area contributed by atoms with Gasteiger partial charge in [0.2, 0.25) is 0 Å². The molecule has 1 aliphatic carbocycles. The average Bonchev–Trinajstić information content (AvgIpc) is 2.46. The number of aromatic carboxylic acids is 1. The maximum absolute atomic E-state index is 11.5. The number of carbonyl (C=O) groups is 1. The molecule has 1 aromatic heterocycles. The number of hydrogen-bond donors (Lipinski definition) is 1. The number of carboxylic acid groups (broad SMARTS) is 1. The third kappa shape index (κ3) is 3.10. The van der Waals surface area contributed by atoms with E-state index in [9.17, 15) is 9.90 Å². The number of fused-ring (bicyclic) bond motifs is 1. The lowest BCUT2D eigenvalue weighted by Gasteiger charge is -2.17. The highest BCUT2D eigenvalue weighted by molar-refractivity contribution is 7.99. The molecule has 4 heteroatoms. The van der Waals surface area contributed by atoms with Crippen LogP contribution < -0.4 is 0 Å². The molecule has 1 aliphatic rings. The minimum Gasteiger partial charge on any atom is -0.478 e. The SMILES string of the molecule is Cc1cccc(Sc2nc3c(cc2C(=O)O)CCCC3)c1. The molecule has 0 saturated carbocycles. The summed E-state index contributed by atoms with van der Waals surface area (Å²) in [6, 6.07) is 9.88. The summed E-state index contributed by atoms with van der Waals surface area (Å²) >= 11 is 1.44. The summed E-state index contributed by atoms with van der Waals surface area (Å²) in [7, 11) is 0. The number of nitrogens with zero attached hydrogens (tertiary/aromatic N) is 1. The molecule has 3 rings (SSSR count). The van der Waals surface area contributed by atoms with Crippen molar-refractivity contribution >= 4 is 17.7 Å². The van der Waals surface area contributed by atoms with Gasteiger partial charge < -0.3 is 5.11 Å². The molecule has 1 N–H and O–H groups in total. The molecular weight excluding hydrogens is 282 g/mol. The molecule has 0 saturated heterocycles. The van der Waals surface area contributed by atoms with E-state index < -0.39 is 5.97 Å². The summed E-state index contributed by atoms with van der Waals surface area (Å²) in [5.41, 5.74) is 3.66. The topological polar surface area (TPSA) is 50.2 Å². The lowest BCUT2D eigenvalue weighted by molar-refractivity contribution is 0.0692. The minimum atomic E-state index is -0.897. The molecule has 3 nitrogen and oxygen atoms in total. The van der Waals surface area contributed by atoms with Gasteiger partial charge in [-0.2, -0.15) is 0 Å². The van der Waals surface area contributed by atoms with Gasteiger partial charge in [-0.25, -0.2) is 9.78 Å². The first-order valence-corrected chi connectivity index (χ1v) is 7.96. The Labute approximate surface area is 128 Å². The maximum Gasteiger partial charge on any atom is 0.338 e. The Hall–Kier alpha value is -1.81. The van der Waals surface area contributed by atoms with E-state index in [2.05, 4.69) is 11.1 Å². The molecule has 0 radical (unpaired) electrons. The number of hydrogen-bond acceptors (Lipinski definition) is 3. The van der Waals surface area contributed by atoms with E-state index in [1.165, 1.54) is 11.8 Å². The Morgan fingerprint density at radius 3 is 2.81 bits per heavy atom. The van der Waals surface area contributed by atoms with Crippen molar-refractivity contribution in [2.45, 2.75) is 42.5 Å². The second kappa shape index (κ2) is 5.90. The van der Waals surface area contributed by atoms with Crippen LogP contribution >= 0.6 is 11.8 Å². The van der Waals surface area contributed by atoms with E-state index in [0.717, 1.165) is 47.4 Å². The van der Waals surface area contributed by atoms with Gasteiger partial charge in [0.15, 0.2) is 0 Å². The van der Waals surface area contributed by atoms with Crippen LogP contribution in [0, 0.1) is 6.92 Å². The van der Waals surface area contributed by atoms with Crippen LogP contribution in [-0.2, 0) is 12.8 Å². The lowest BCUT2D eigenvalue weighted by Crippen LogP contribution is -2.10. The molecule has 0 unspecified atom stereocenters. The Bertz CT molecular complexity index is 697. The first-order chi connectivity index (χ1) is 10.1. The monoisotopic (exact) mass is 299 g/mol. The normalized spacial score (nSPS) is 13.8. The first-order valence-electron chi connectivity index (χ1n) is 7.14. The van der Waals surface area contributed by atoms with E-state index in [1.54, 1.807) is 0 Å². The van der Waals surface area contributed by atoms with Crippen molar-refractivity contribution in [3.8, 4) is 0 Å². The van der Waals surface area contributed by atoms with Crippen LogP contribution in [0.15, 0.2) is 40.3 Å². The molecule has 1 heterocycles. The highest BCUT2D eigenvalue weighted by Crippen LogP contribution is 2.32. The molecule has 0 bridgehead atoms. The smallest absolute Gasteiger partial charge is 0.338 e. The van der Waals surface area contributed by atoms with E-state index in [0.29, 0.717) is 10.6 Å². The van der Waals surface area contributed by atoms with E-state index >= 15 is 0 Å². The molecule has 0 atom stereocenters. The molecule has 0 fully saturated rings. The van der Waals surface area contributed by atoms with Gasteiger partial charge in [-0.15, -0.1) is 0 Å². The summed E-state index contributed by atoms with van der Waals surface area (Å²) in [5.74, 6) is -0.897. The van der Waals surface area contributed by atoms with Crippen molar-refractivity contribution in [2.75, 3.05) is 0 Å². The van der Waals surface area contributed by atoms with E-state index in [4.69, 9.17) is 0 Å². The average molecular weight is 299 g/mol. The summed E-state index contributed by atoms with van der Waals surface area (Å²) < 4.78 is 0. The van der Waals surface area contributed by atoms with Crippen LogP contribution in [0.1, 0.15) is 40.0 Å². The molecule has 0 amide bonds. The van der Waals surface area contributed by atoms with Gasteiger partial charge in [-0.1, -0.05) is 29.5 Å². The first kappa shape index (κ1) is 14.1. The highest BCUT2D eigenvalue weighted by Gasteiger charge is 2.19. The number of benzene rings is 1. The second-order valence-electron chi connectivity index (χ2n) is 5.38. The lowest BCUT2D eigenvalue weighted by atomic mass is 9.95. The van der Waals surface area contributed by atoms with Crippen LogP contribution in [-0.4, -0.2) is 16.1 Å². The maximum atomic E-state index is 11.5. The van der Waals surface area contributed by atoms with Crippen LogP contribution in [0.3, 0.4) is 0 Å². The van der Waals surface area contributed by atoms with Gasteiger partial charge in [0.05, 0.1) is 5.56 Å². The Morgan fingerprint density at radius 2 is 2.05 bits per heavy atom. The van der Waals surface area contributed by atoms with Gasteiger partial charge in [0.25, 0.3) is 0 Å². The van der Waals surface area contributed by atoms with Crippen molar-refractivity contribution < 1.29 is 9.90 Å². The van der Waals surface area contributed by atoms with Crippen molar-refractivity contribution in [1.29, 1.82) is 0 Å². The summed E-state index contributed by atoms with van der Waals surface area (Å²) in [4.78, 5) is 17.2. The van der Waals surface area contributed by atoms with Crippen molar-refractivity contribution in [3.05, 3.63) is 52.7 Å². The van der Waals surface area contributed by atoms with Gasteiger partial charge in [0.1, 0.15) is 5.03 Å². The number of rotatable bonds is 3. The predicted molar refractivity (Wildman–Crippen MR) is 83.1 cm³/mol. The molecule has 108 valence electrons. The minimum absolute atomic E-state index is 0.321. The molecular formula is C17H17NO2S. The Balaban J connectivity index is 2.01. The fourth-order valence-corrected chi connectivity index (χ4v) is 3.66.